The molecule has 1 saturated heterocycles. The van der Waals surface area contributed by atoms with Crippen LogP contribution in [0.5, 0.6) is 0 Å². The van der Waals surface area contributed by atoms with E-state index in [0.29, 0.717) is 22.3 Å². The van der Waals surface area contributed by atoms with Crippen LogP contribution in [0.3, 0.4) is 0 Å². The van der Waals surface area contributed by atoms with E-state index in [0.717, 1.165) is 31.3 Å². The Morgan fingerprint density at radius 3 is 2.46 bits per heavy atom. The third kappa shape index (κ3) is 3.04. The summed E-state index contributed by atoms with van der Waals surface area (Å²) in [6, 6.07) is 16.4. The lowest BCUT2D eigenvalue weighted by atomic mass is 10.1. The molecule has 4 rings (SSSR count). The quantitative estimate of drug-likeness (QED) is 0.787. The Balaban J connectivity index is 1.65. The maximum atomic E-state index is 12.8. The molecular weight excluding hydrogens is 326 g/mol. The third-order valence-corrected chi connectivity index (χ3v) is 4.68. The lowest BCUT2D eigenvalue weighted by Gasteiger charge is -2.18. The molecule has 1 aliphatic heterocycles. The Bertz CT molecular complexity index is 972. The van der Waals surface area contributed by atoms with Crippen LogP contribution in [-0.4, -0.2) is 34.8 Å². The molecule has 1 N–H and O–H groups in total. The lowest BCUT2D eigenvalue weighted by molar-refractivity contribution is 0.0794. The highest BCUT2D eigenvalue weighted by Crippen LogP contribution is 2.22. The molecule has 5 heteroatoms. The second-order valence-corrected chi connectivity index (χ2v) is 6.38. The van der Waals surface area contributed by atoms with Crippen molar-refractivity contribution in [3.63, 3.8) is 0 Å². The topological polar surface area (TPSA) is 62.3 Å². The summed E-state index contributed by atoms with van der Waals surface area (Å²) >= 11 is 0. The molecular formula is C21H19N3O2. The Hall–Kier alpha value is -3.21. The van der Waals surface area contributed by atoms with Gasteiger partial charge >= 0.3 is 0 Å². The van der Waals surface area contributed by atoms with Gasteiger partial charge < -0.3 is 10.2 Å². The second kappa shape index (κ2) is 6.96. The predicted molar refractivity (Wildman–Crippen MR) is 101 cm³/mol. The fraction of sp³-hybridized carbons (Fsp3) is 0.190. The van der Waals surface area contributed by atoms with Crippen molar-refractivity contribution in [3.05, 3.63) is 71.9 Å². The number of nitrogens with zero attached hydrogens (tertiary/aromatic N) is 2. The molecule has 1 aliphatic rings. The van der Waals surface area contributed by atoms with Crippen LogP contribution in [0.1, 0.15) is 33.6 Å². The van der Waals surface area contributed by atoms with E-state index in [1.807, 2.05) is 41.3 Å². The summed E-state index contributed by atoms with van der Waals surface area (Å²) in [5, 5.41) is 3.80. The molecule has 26 heavy (non-hydrogen) atoms. The van der Waals surface area contributed by atoms with E-state index in [1.165, 1.54) is 0 Å². The summed E-state index contributed by atoms with van der Waals surface area (Å²) in [7, 11) is 0. The van der Waals surface area contributed by atoms with Crippen LogP contribution in [-0.2, 0) is 0 Å². The summed E-state index contributed by atoms with van der Waals surface area (Å²) in [4.78, 5) is 31.8. The average molecular weight is 345 g/mol. The van der Waals surface area contributed by atoms with Gasteiger partial charge in [0.2, 0.25) is 0 Å². The van der Waals surface area contributed by atoms with Crippen molar-refractivity contribution < 1.29 is 9.59 Å². The monoisotopic (exact) mass is 345 g/mol. The van der Waals surface area contributed by atoms with Gasteiger partial charge in [0, 0.05) is 24.7 Å². The van der Waals surface area contributed by atoms with E-state index in [-0.39, 0.29) is 11.8 Å². The molecule has 0 radical (unpaired) electrons. The average Bonchev–Trinajstić information content (AvgIpc) is 3.22. The van der Waals surface area contributed by atoms with Gasteiger partial charge in [-0.2, -0.15) is 0 Å². The van der Waals surface area contributed by atoms with Crippen LogP contribution in [0, 0.1) is 0 Å². The van der Waals surface area contributed by atoms with Crippen LogP contribution < -0.4 is 5.32 Å². The zero-order valence-corrected chi connectivity index (χ0v) is 14.3. The molecule has 1 fully saturated rings. The van der Waals surface area contributed by atoms with Crippen molar-refractivity contribution in [2.75, 3.05) is 18.4 Å². The normalized spacial score (nSPS) is 13.8. The number of rotatable bonds is 3. The number of hydrogen-bond donors (Lipinski definition) is 1. The first-order chi connectivity index (χ1) is 12.7. The number of benzene rings is 2. The Kier molecular flexibility index (Phi) is 4.35. The lowest BCUT2D eigenvalue weighted by Crippen LogP contribution is -2.28. The zero-order chi connectivity index (χ0) is 17.9. The van der Waals surface area contributed by atoms with Gasteiger partial charge in [-0.3, -0.25) is 14.6 Å². The largest absolute Gasteiger partial charge is 0.339 e. The molecule has 2 amide bonds. The highest BCUT2D eigenvalue weighted by molar-refractivity contribution is 6.14. The third-order valence-electron chi connectivity index (χ3n) is 4.68. The van der Waals surface area contributed by atoms with Gasteiger partial charge in [-0.05, 0) is 37.1 Å². The number of carbonyl (C=O) groups is 2. The number of aromatic nitrogens is 1. The van der Waals surface area contributed by atoms with Crippen LogP contribution in [0.25, 0.3) is 10.9 Å². The number of pyridine rings is 1. The van der Waals surface area contributed by atoms with E-state index in [4.69, 9.17) is 0 Å². The summed E-state index contributed by atoms with van der Waals surface area (Å²) in [5.74, 6) is -0.301. The molecule has 5 nitrogen and oxygen atoms in total. The highest BCUT2D eigenvalue weighted by Gasteiger charge is 2.22. The number of carbonyl (C=O) groups excluding carboxylic acids is 2. The molecule has 0 atom stereocenters. The highest BCUT2D eigenvalue weighted by atomic mass is 16.2. The molecule has 3 aromatic rings. The molecule has 0 saturated carbocycles. The molecule has 0 aliphatic carbocycles. The minimum absolute atomic E-state index is 0.0329. The van der Waals surface area contributed by atoms with Crippen molar-refractivity contribution in [2.24, 2.45) is 0 Å². The van der Waals surface area contributed by atoms with Gasteiger partial charge in [-0.1, -0.05) is 30.3 Å². The van der Waals surface area contributed by atoms with E-state index < -0.39 is 0 Å². The van der Waals surface area contributed by atoms with E-state index in [1.54, 1.807) is 24.4 Å². The minimum atomic E-state index is -0.268. The number of para-hydroxylation sites is 2. The van der Waals surface area contributed by atoms with E-state index in [2.05, 4.69) is 10.3 Å². The van der Waals surface area contributed by atoms with Crippen molar-refractivity contribution >= 4 is 28.4 Å². The molecule has 0 bridgehead atoms. The molecule has 1 aromatic heterocycles. The number of fused-ring (bicyclic) bond motifs is 1. The minimum Gasteiger partial charge on any atom is -0.339 e. The van der Waals surface area contributed by atoms with Crippen molar-refractivity contribution in [2.45, 2.75) is 12.8 Å². The summed E-state index contributed by atoms with van der Waals surface area (Å²) in [6.07, 6.45) is 3.73. The van der Waals surface area contributed by atoms with Gasteiger partial charge in [0.1, 0.15) is 0 Å². The number of likely N-dealkylation sites (tertiary alicyclic amines) is 1. The first-order valence-corrected chi connectivity index (χ1v) is 8.77. The fourth-order valence-electron chi connectivity index (χ4n) is 3.35. The Morgan fingerprint density at radius 2 is 1.62 bits per heavy atom. The Morgan fingerprint density at radius 1 is 0.885 bits per heavy atom. The first kappa shape index (κ1) is 16.3. The van der Waals surface area contributed by atoms with Crippen molar-refractivity contribution in [1.82, 2.24) is 9.88 Å². The molecule has 0 spiro atoms. The first-order valence-electron chi connectivity index (χ1n) is 8.77. The van der Waals surface area contributed by atoms with Gasteiger partial charge in [-0.25, -0.2) is 0 Å². The SMILES string of the molecule is O=C(Nc1ccccc1C(=O)N1CCCC1)c1cccc2cccnc12. The van der Waals surface area contributed by atoms with E-state index in [9.17, 15) is 9.59 Å². The fourth-order valence-corrected chi connectivity index (χ4v) is 3.35. The van der Waals surface area contributed by atoms with E-state index >= 15 is 0 Å². The van der Waals surface area contributed by atoms with Crippen molar-refractivity contribution in [3.8, 4) is 0 Å². The molecule has 130 valence electrons. The van der Waals surface area contributed by atoms with Gasteiger partial charge in [-0.15, -0.1) is 0 Å². The predicted octanol–water partition coefficient (Wildman–Crippen LogP) is 3.72. The maximum Gasteiger partial charge on any atom is 0.257 e. The zero-order valence-electron chi connectivity index (χ0n) is 14.3. The van der Waals surface area contributed by atoms with Gasteiger partial charge in [0.05, 0.1) is 22.3 Å². The number of anilines is 1. The van der Waals surface area contributed by atoms with Gasteiger partial charge in [0.15, 0.2) is 0 Å². The van der Waals surface area contributed by atoms with Crippen LogP contribution in [0.2, 0.25) is 0 Å². The molecule has 2 heterocycles. The van der Waals surface area contributed by atoms with Crippen LogP contribution in [0.4, 0.5) is 5.69 Å². The second-order valence-electron chi connectivity index (χ2n) is 6.38. The van der Waals surface area contributed by atoms with Gasteiger partial charge in [0.25, 0.3) is 11.8 Å². The smallest absolute Gasteiger partial charge is 0.257 e. The maximum absolute atomic E-state index is 12.8. The number of hydrogen-bond acceptors (Lipinski definition) is 3. The number of nitrogens with one attached hydrogen (secondary N) is 1. The van der Waals surface area contributed by atoms with Crippen LogP contribution in [0.15, 0.2) is 60.8 Å². The Labute approximate surface area is 151 Å². The summed E-state index contributed by atoms with van der Waals surface area (Å²) in [6.45, 7) is 1.54. The molecule has 2 aromatic carbocycles. The van der Waals surface area contributed by atoms with Crippen LogP contribution >= 0.6 is 0 Å². The molecule has 0 unspecified atom stereocenters. The summed E-state index contributed by atoms with van der Waals surface area (Å²) in [5.41, 5.74) is 2.20. The standard InChI is InChI=1S/C21H19N3O2/c25-20(17-10-5-7-15-8-6-12-22-19(15)17)23-18-11-2-1-9-16(18)21(26)24-13-3-4-14-24/h1-2,5-12H,3-4,13-14H2,(H,23,25). The summed E-state index contributed by atoms with van der Waals surface area (Å²) < 4.78 is 0. The number of amides is 2. The van der Waals surface area contributed by atoms with Crippen molar-refractivity contribution in [1.29, 1.82) is 0 Å².